The van der Waals surface area contributed by atoms with Crippen molar-refractivity contribution in [3.63, 3.8) is 0 Å². The number of halogens is 1. The molecule has 1 amide bonds. The van der Waals surface area contributed by atoms with E-state index in [1.54, 1.807) is 4.68 Å². The van der Waals surface area contributed by atoms with E-state index in [-0.39, 0.29) is 17.9 Å². The SMILES string of the molecule is CC(C)c1c(C(=O)N[C@H]2CCc3ccccc32)ccc2c1nnn2-c1cccc(Cl)c1. The summed E-state index contributed by atoms with van der Waals surface area (Å²) in [7, 11) is 0. The van der Waals surface area contributed by atoms with Crippen molar-refractivity contribution in [2.45, 2.75) is 38.6 Å². The van der Waals surface area contributed by atoms with E-state index in [1.165, 1.54) is 11.1 Å². The van der Waals surface area contributed by atoms with Gasteiger partial charge in [0.1, 0.15) is 5.52 Å². The number of hydrogen-bond acceptors (Lipinski definition) is 3. The molecule has 0 unspecified atom stereocenters. The van der Waals surface area contributed by atoms with Crippen LogP contribution in [0.2, 0.25) is 5.02 Å². The first kappa shape index (κ1) is 19.8. The van der Waals surface area contributed by atoms with Gasteiger partial charge in [-0.15, -0.1) is 5.10 Å². The van der Waals surface area contributed by atoms with Gasteiger partial charge in [0.2, 0.25) is 0 Å². The lowest BCUT2D eigenvalue weighted by Gasteiger charge is -2.18. The number of aromatic nitrogens is 3. The molecular formula is C25H23ClN4O. The third-order valence-corrected chi connectivity index (χ3v) is 6.21. The predicted octanol–water partition coefficient (Wildman–Crippen LogP) is 5.61. The third-order valence-electron chi connectivity index (χ3n) is 5.97. The second kappa shape index (κ2) is 7.82. The molecule has 0 saturated carbocycles. The summed E-state index contributed by atoms with van der Waals surface area (Å²) in [5, 5.41) is 12.7. The summed E-state index contributed by atoms with van der Waals surface area (Å²) >= 11 is 6.16. The Hall–Kier alpha value is -3.18. The van der Waals surface area contributed by atoms with Crippen molar-refractivity contribution in [3.05, 3.63) is 87.9 Å². The first-order valence-corrected chi connectivity index (χ1v) is 10.9. The molecule has 1 aliphatic rings. The van der Waals surface area contributed by atoms with Gasteiger partial charge >= 0.3 is 0 Å². The van der Waals surface area contributed by atoms with E-state index >= 15 is 0 Å². The third kappa shape index (κ3) is 3.49. The van der Waals surface area contributed by atoms with Crippen LogP contribution < -0.4 is 5.32 Å². The maximum Gasteiger partial charge on any atom is 0.252 e. The average Bonchev–Trinajstić information content (AvgIpc) is 3.37. The number of rotatable bonds is 4. The van der Waals surface area contributed by atoms with Crippen molar-refractivity contribution in [2.24, 2.45) is 0 Å². The van der Waals surface area contributed by atoms with Crippen LogP contribution in [0.4, 0.5) is 0 Å². The van der Waals surface area contributed by atoms with Gasteiger partial charge in [-0.2, -0.15) is 0 Å². The van der Waals surface area contributed by atoms with Crippen molar-refractivity contribution >= 4 is 28.5 Å². The van der Waals surface area contributed by atoms with Crippen LogP contribution in [-0.4, -0.2) is 20.9 Å². The van der Waals surface area contributed by atoms with Gasteiger partial charge in [0.15, 0.2) is 0 Å². The fraction of sp³-hybridized carbons (Fsp3) is 0.240. The van der Waals surface area contributed by atoms with Gasteiger partial charge in [0.25, 0.3) is 5.91 Å². The van der Waals surface area contributed by atoms with Crippen molar-refractivity contribution in [1.29, 1.82) is 0 Å². The maximum atomic E-state index is 13.3. The lowest BCUT2D eigenvalue weighted by atomic mass is 9.94. The van der Waals surface area contributed by atoms with Crippen molar-refractivity contribution in [2.75, 3.05) is 0 Å². The zero-order valence-corrected chi connectivity index (χ0v) is 18.2. The summed E-state index contributed by atoms with van der Waals surface area (Å²) in [5.41, 5.74) is 6.54. The van der Waals surface area contributed by atoms with Crippen molar-refractivity contribution < 1.29 is 4.79 Å². The molecule has 0 spiro atoms. The Morgan fingerprint density at radius 1 is 1.13 bits per heavy atom. The van der Waals surface area contributed by atoms with Crippen LogP contribution in [0.3, 0.4) is 0 Å². The van der Waals surface area contributed by atoms with Gasteiger partial charge in [0, 0.05) is 10.6 Å². The van der Waals surface area contributed by atoms with E-state index in [4.69, 9.17) is 11.6 Å². The summed E-state index contributed by atoms with van der Waals surface area (Å²) in [6.07, 6.45) is 1.92. The highest BCUT2D eigenvalue weighted by Crippen LogP contribution is 2.33. The van der Waals surface area contributed by atoms with Crippen LogP contribution in [-0.2, 0) is 6.42 Å². The molecule has 4 aromatic rings. The molecule has 0 fully saturated rings. The predicted molar refractivity (Wildman–Crippen MR) is 123 cm³/mol. The van der Waals surface area contributed by atoms with E-state index in [0.29, 0.717) is 10.6 Å². The van der Waals surface area contributed by atoms with E-state index in [0.717, 1.165) is 35.1 Å². The molecule has 1 aliphatic carbocycles. The van der Waals surface area contributed by atoms with Crippen LogP contribution in [0.25, 0.3) is 16.7 Å². The lowest BCUT2D eigenvalue weighted by molar-refractivity contribution is 0.0935. The molecule has 0 bridgehead atoms. The molecule has 1 aromatic heterocycles. The Labute approximate surface area is 186 Å². The fourth-order valence-corrected chi connectivity index (χ4v) is 4.72. The fourth-order valence-electron chi connectivity index (χ4n) is 4.53. The Kier molecular flexibility index (Phi) is 4.98. The molecule has 6 heteroatoms. The standard InChI is InChI=1S/C25H23ClN4O/c1-15(2)23-20(25(31)27-21-12-10-16-6-3-4-9-19(16)21)11-13-22-24(23)28-29-30(22)18-8-5-7-17(26)14-18/h3-9,11,13-15,21H,10,12H2,1-2H3,(H,27,31)/t21-/m0/s1. The normalized spacial score (nSPS) is 15.4. The molecule has 31 heavy (non-hydrogen) atoms. The highest BCUT2D eigenvalue weighted by molar-refractivity contribution is 6.30. The minimum absolute atomic E-state index is 0.0431. The summed E-state index contributed by atoms with van der Waals surface area (Å²) in [6, 6.07) is 19.7. The number of fused-ring (bicyclic) bond motifs is 2. The number of nitrogens with zero attached hydrogens (tertiary/aromatic N) is 3. The first-order chi connectivity index (χ1) is 15.0. The maximum absolute atomic E-state index is 13.3. The van der Waals surface area contributed by atoms with Gasteiger partial charge < -0.3 is 5.32 Å². The summed E-state index contributed by atoms with van der Waals surface area (Å²) < 4.78 is 1.77. The van der Waals surface area contributed by atoms with Gasteiger partial charge in [-0.3, -0.25) is 4.79 Å². The minimum atomic E-state index is -0.0652. The number of benzene rings is 3. The van der Waals surface area contributed by atoms with Gasteiger partial charge in [0.05, 0.1) is 17.2 Å². The Bertz CT molecular complexity index is 1290. The molecule has 3 aromatic carbocycles. The van der Waals surface area contributed by atoms with Gasteiger partial charge in [-0.1, -0.05) is 61.0 Å². The smallest absolute Gasteiger partial charge is 0.252 e. The largest absolute Gasteiger partial charge is 0.345 e. The number of aryl methyl sites for hydroxylation is 1. The van der Waals surface area contributed by atoms with E-state index in [2.05, 4.69) is 47.7 Å². The molecule has 5 rings (SSSR count). The molecule has 1 atom stereocenters. The Balaban J connectivity index is 1.54. The molecule has 5 nitrogen and oxygen atoms in total. The first-order valence-electron chi connectivity index (χ1n) is 10.6. The second-order valence-corrected chi connectivity index (χ2v) is 8.73. The quantitative estimate of drug-likeness (QED) is 0.457. The number of nitrogens with one attached hydrogen (secondary N) is 1. The van der Waals surface area contributed by atoms with Crippen molar-refractivity contribution in [3.8, 4) is 5.69 Å². The van der Waals surface area contributed by atoms with Gasteiger partial charge in [-0.05, 0) is 65.8 Å². The number of carbonyl (C=O) groups is 1. The summed E-state index contributed by atoms with van der Waals surface area (Å²) in [4.78, 5) is 13.3. The Morgan fingerprint density at radius 2 is 1.97 bits per heavy atom. The zero-order chi connectivity index (χ0) is 21.5. The van der Waals surface area contributed by atoms with Crippen LogP contribution >= 0.6 is 11.6 Å². The number of amides is 1. The zero-order valence-electron chi connectivity index (χ0n) is 17.5. The molecular weight excluding hydrogens is 408 g/mol. The molecule has 0 aliphatic heterocycles. The minimum Gasteiger partial charge on any atom is -0.345 e. The van der Waals surface area contributed by atoms with E-state index < -0.39 is 0 Å². The molecule has 1 heterocycles. The van der Waals surface area contributed by atoms with Crippen LogP contribution in [0.1, 0.15) is 59.3 Å². The molecule has 156 valence electrons. The number of hydrogen-bond donors (Lipinski definition) is 1. The summed E-state index contributed by atoms with van der Waals surface area (Å²) in [6.45, 7) is 4.16. The molecule has 0 radical (unpaired) electrons. The highest BCUT2D eigenvalue weighted by atomic mass is 35.5. The highest BCUT2D eigenvalue weighted by Gasteiger charge is 2.26. The monoisotopic (exact) mass is 430 g/mol. The Morgan fingerprint density at radius 3 is 2.77 bits per heavy atom. The topological polar surface area (TPSA) is 59.8 Å². The van der Waals surface area contributed by atoms with Crippen LogP contribution in [0.15, 0.2) is 60.7 Å². The summed E-state index contributed by atoms with van der Waals surface area (Å²) in [5.74, 6) is 0.0504. The van der Waals surface area contributed by atoms with Crippen molar-refractivity contribution in [1.82, 2.24) is 20.3 Å². The van der Waals surface area contributed by atoms with Crippen LogP contribution in [0, 0.1) is 0 Å². The number of carbonyl (C=O) groups excluding carboxylic acids is 1. The molecule has 0 saturated heterocycles. The van der Waals surface area contributed by atoms with E-state index in [9.17, 15) is 4.79 Å². The second-order valence-electron chi connectivity index (χ2n) is 8.29. The molecule has 1 N–H and O–H groups in total. The average molecular weight is 431 g/mol. The van der Waals surface area contributed by atoms with Crippen LogP contribution in [0.5, 0.6) is 0 Å². The lowest BCUT2D eigenvalue weighted by Crippen LogP contribution is -2.28. The van der Waals surface area contributed by atoms with E-state index in [1.807, 2.05) is 42.5 Å². The van der Waals surface area contributed by atoms with Gasteiger partial charge in [-0.25, -0.2) is 4.68 Å².